The molecule has 2 aromatic rings. The minimum absolute atomic E-state index is 0.0150. The number of ether oxygens (including phenoxy) is 2. The summed E-state index contributed by atoms with van der Waals surface area (Å²) in [5, 5.41) is 9.74. The molecule has 9 heteroatoms. The summed E-state index contributed by atoms with van der Waals surface area (Å²) in [6.45, 7) is 5.99. The van der Waals surface area contributed by atoms with Crippen LogP contribution in [0.5, 0.6) is 5.75 Å². The van der Waals surface area contributed by atoms with Gasteiger partial charge in [-0.25, -0.2) is 0 Å². The summed E-state index contributed by atoms with van der Waals surface area (Å²) in [5.41, 5.74) is 0.374. The molecular weight excluding hydrogens is 503 g/mol. The lowest BCUT2D eigenvalue weighted by molar-refractivity contribution is -0.150. The largest absolute Gasteiger partial charge is 0.497 e. The summed E-state index contributed by atoms with van der Waals surface area (Å²) in [5.74, 6) is -0.288. The van der Waals surface area contributed by atoms with E-state index in [1.807, 2.05) is 55.5 Å². The minimum atomic E-state index is -3.39. The fourth-order valence-corrected chi connectivity index (χ4v) is 9.41. The van der Waals surface area contributed by atoms with Crippen molar-refractivity contribution in [1.82, 2.24) is 4.90 Å². The number of halogens is 1. The molecule has 1 spiro atoms. The third-order valence-corrected chi connectivity index (χ3v) is 11.1. The van der Waals surface area contributed by atoms with Crippen LogP contribution in [0, 0.1) is 5.92 Å². The Labute approximate surface area is 224 Å². The summed E-state index contributed by atoms with van der Waals surface area (Å²) in [6.07, 6.45) is 0.819. The van der Waals surface area contributed by atoms with E-state index in [2.05, 4.69) is 0 Å². The van der Waals surface area contributed by atoms with Crippen LogP contribution in [-0.4, -0.2) is 62.6 Å². The van der Waals surface area contributed by atoms with E-state index >= 15 is 4.11 Å². The van der Waals surface area contributed by atoms with Crippen molar-refractivity contribution in [1.29, 1.82) is 0 Å². The lowest BCUT2D eigenvalue weighted by Crippen LogP contribution is -2.45. The monoisotopic (exact) mass is 540 g/mol. The molecule has 7 nitrogen and oxygen atoms in total. The molecule has 5 rings (SSSR count). The average molecular weight is 541 g/mol. The van der Waals surface area contributed by atoms with Crippen LogP contribution in [-0.2, 0) is 26.5 Å². The molecule has 0 aromatic heterocycles. The van der Waals surface area contributed by atoms with E-state index in [4.69, 9.17) is 9.47 Å². The smallest absolute Gasteiger partial charge is 0.264 e. The summed E-state index contributed by atoms with van der Waals surface area (Å²) >= 11 is 0. The van der Waals surface area contributed by atoms with Gasteiger partial charge in [-0.1, -0.05) is 37.3 Å². The summed E-state index contributed by atoms with van der Waals surface area (Å²) in [6, 6.07) is 15.0. The maximum Gasteiger partial charge on any atom is 0.264 e. The van der Waals surface area contributed by atoms with Gasteiger partial charge in [0, 0.05) is 23.6 Å². The molecule has 0 bridgehead atoms. The highest BCUT2D eigenvalue weighted by molar-refractivity contribution is 6.72. The number of nitrogens with zero attached hydrogens (tertiary/aromatic N) is 2. The fourth-order valence-electron chi connectivity index (χ4n) is 6.92. The van der Waals surface area contributed by atoms with Crippen LogP contribution in [0.1, 0.15) is 37.3 Å². The highest BCUT2D eigenvalue weighted by Gasteiger charge is 2.67. The number of methoxy groups -OCH3 is 1. The van der Waals surface area contributed by atoms with Crippen LogP contribution < -0.4 is 9.64 Å². The van der Waals surface area contributed by atoms with Gasteiger partial charge in [0.2, 0.25) is 14.3 Å². The number of aliphatic hydroxyl groups is 1. The normalized spacial score (nSPS) is 28.8. The van der Waals surface area contributed by atoms with Crippen molar-refractivity contribution in [3.63, 3.8) is 0 Å². The molecule has 3 heterocycles. The number of amides is 2. The average Bonchev–Trinajstić information content (AvgIpc) is 3.55. The van der Waals surface area contributed by atoms with Crippen molar-refractivity contribution >= 4 is 25.9 Å². The van der Waals surface area contributed by atoms with E-state index in [1.54, 1.807) is 30.0 Å². The van der Waals surface area contributed by atoms with E-state index in [0.717, 1.165) is 24.1 Å². The predicted molar refractivity (Wildman–Crippen MR) is 145 cm³/mol. The fraction of sp³-hybridized carbons (Fsp3) is 0.517. The van der Waals surface area contributed by atoms with Crippen LogP contribution >= 0.6 is 0 Å². The molecule has 2 saturated heterocycles. The topological polar surface area (TPSA) is 79.3 Å². The zero-order valence-corrected chi connectivity index (χ0v) is 23.5. The van der Waals surface area contributed by atoms with Gasteiger partial charge in [-0.15, -0.1) is 0 Å². The molecular formula is C29H37FN2O5Si. The number of carbonyl (C=O) groups excluding carboxylic acids is 2. The van der Waals surface area contributed by atoms with Crippen LogP contribution in [0.2, 0.25) is 18.6 Å². The predicted octanol–water partition coefficient (Wildman–Crippen LogP) is 4.39. The van der Waals surface area contributed by atoms with Crippen LogP contribution in [0.3, 0.4) is 0 Å². The van der Waals surface area contributed by atoms with Gasteiger partial charge in [-0.3, -0.25) is 9.59 Å². The number of aliphatic hydroxyl groups excluding tert-OH is 1. The van der Waals surface area contributed by atoms with Crippen LogP contribution in [0.15, 0.2) is 48.5 Å². The number of benzene rings is 2. The number of rotatable bonds is 7. The van der Waals surface area contributed by atoms with E-state index in [0.29, 0.717) is 24.4 Å². The molecule has 204 valence electrons. The van der Waals surface area contributed by atoms with Gasteiger partial charge in [0.1, 0.15) is 5.75 Å². The van der Waals surface area contributed by atoms with E-state index in [1.165, 1.54) is 0 Å². The van der Waals surface area contributed by atoms with Gasteiger partial charge >= 0.3 is 0 Å². The lowest BCUT2D eigenvalue weighted by Gasteiger charge is -2.31. The van der Waals surface area contributed by atoms with Crippen molar-refractivity contribution < 1.29 is 28.3 Å². The number of carbonyl (C=O) groups is 2. The highest BCUT2D eigenvalue weighted by atomic mass is 28.4. The van der Waals surface area contributed by atoms with Crippen LogP contribution in [0.4, 0.5) is 9.80 Å². The Balaban J connectivity index is 1.55. The maximum atomic E-state index is 16.0. The first-order chi connectivity index (χ1) is 18.1. The summed E-state index contributed by atoms with van der Waals surface area (Å²) < 4.78 is 28.3. The quantitative estimate of drug-likeness (QED) is 0.416. The first-order valence-electron chi connectivity index (χ1n) is 13.4. The minimum Gasteiger partial charge on any atom is -0.497 e. The van der Waals surface area contributed by atoms with Crippen molar-refractivity contribution in [2.75, 3.05) is 25.2 Å². The third kappa shape index (κ3) is 4.34. The molecule has 2 fully saturated rings. The van der Waals surface area contributed by atoms with E-state index in [9.17, 15) is 14.7 Å². The summed E-state index contributed by atoms with van der Waals surface area (Å²) in [7, 11) is -1.82. The molecule has 2 aromatic carbocycles. The van der Waals surface area contributed by atoms with Crippen molar-refractivity contribution in [3.8, 4) is 5.75 Å². The van der Waals surface area contributed by atoms with Gasteiger partial charge in [-0.05, 0) is 49.7 Å². The Bertz CT molecular complexity index is 1210. The first-order valence-corrected chi connectivity index (χ1v) is 16.4. The van der Waals surface area contributed by atoms with Crippen molar-refractivity contribution in [3.05, 3.63) is 59.7 Å². The molecule has 0 unspecified atom stereocenters. The summed E-state index contributed by atoms with van der Waals surface area (Å²) in [4.78, 5) is 31.2. The number of anilines is 1. The van der Waals surface area contributed by atoms with Crippen LogP contribution in [0.25, 0.3) is 0 Å². The second-order valence-electron chi connectivity index (χ2n) is 11.3. The van der Waals surface area contributed by atoms with Gasteiger partial charge in [0.25, 0.3) is 5.91 Å². The molecule has 0 saturated carbocycles. The third-order valence-electron chi connectivity index (χ3n) is 8.64. The van der Waals surface area contributed by atoms with Crippen molar-refractivity contribution in [2.45, 2.75) is 69.1 Å². The van der Waals surface area contributed by atoms with Crippen molar-refractivity contribution in [2.24, 2.45) is 5.92 Å². The Morgan fingerprint density at radius 1 is 1.24 bits per heavy atom. The number of hydrogen-bond acceptors (Lipinski definition) is 5. The lowest BCUT2D eigenvalue weighted by atomic mass is 9.82. The first kappa shape index (κ1) is 26.8. The zero-order chi connectivity index (χ0) is 27.2. The maximum absolute atomic E-state index is 16.0. The SMILES string of the molecule is COc1ccc2c(c1)[C@@]1(O[C@H](CC(=O)N3CCC[C@H]3CO)[C@@H]([Si](C)(C)F)[C@@H]1C)C(=O)N2Cc1ccccc1. The molecule has 0 radical (unpaired) electrons. The standard InChI is InChI=1S/C29H37FN2O5Si/c1-19-27(38(3,4)30)25(16-26(34)31-14-8-11-21(31)18-33)37-29(19)23-15-22(36-2)12-13-24(23)32(28(29)35)17-20-9-6-5-7-10-20/h5-7,9-10,12-13,15,19,21,25,27,33H,8,11,14,16-18H2,1-4H3/t19-,21-,25+,27-,29+/m0/s1. The van der Waals surface area contributed by atoms with Gasteiger partial charge in [0.05, 0.1) is 44.5 Å². The second kappa shape index (κ2) is 10.1. The molecule has 0 aliphatic carbocycles. The van der Waals surface area contributed by atoms with Gasteiger partial charge < -0.3 is 28.5 Å². The molecule has 5 atom stereocenters. The number of likely N-dealkylation sites (tertiary alicyclic amines) is 1. The molecule has 1 N–H and O–H groups in total. The zero-order valence-electron chi connectivity index (χ0n) is 22.5. The van der Waals surface area contributed by atoms with Gasteiger partial charge in [0.15, 0.2) is 5.60 Å². The van der Waals surface area contributed by atoms with E-state index < -0.39 is 31.6 Å². The Hall–Kier alpha value is -2.75. The molecule has 3 aliphatic heterocycles. The Morgan fingerprint density at radius 3 is 2.63 bits per heavy atom. The second-order valence-corrected chi connectivity index (χ2v) is 15.1. The number of fused-ring (bicyclic) bond motifs is 2. The Kier molecular flexibility index (Phi) is 7.13. The van der Waals surface area contributed by atoms with Gasteiger partial charge in [-0.2, -0.15) is 0 Å². The molecule has 38 heavy (non-hydrogen) atoms. The molecule has 3 aliphatic rings. The highest BCUT2D eigenvalue weighted by Crippen LogP contribution is 2.60. The Morgan fingerprint density at radius 2 is 1.97 bits per heavy atom. The van der Waals surface area contributed by atoms with E-state index in [-0.39, 0.29) is 30.9 Å². The number of hydrogen-bond donors (Lipinski definition) is 1. The molecule has 2 amide bonds.